The second-order valence-electron chi connectivity index (χ2n) is 8.16. The van der Waals surface area contributed by atoms with Crippen molar-refractivity contribution in [3.8, 4) is 0 Å². The fourth-order valence-corrected chi connectivity index (χ4v) is 4.48. The number of amides is 1. The summed E-state index contributed by atoms with van der Waals surface area (Å²) in [6, 6.07) is 12.3. The second kappa shape index (κ2) is 9.67. The topological polar surface area (TPSA) is 79.3 Å². The molecule has 1 unspecified atom stereocenters. The molecule has 32 heavy (non-hydrogen) atoms. The SMILES string of the molecule is Cc1ccc(NC(=O)CSc2nc3c(c(=O)[nH]2)C[NH+](Cc2ccc(F)cc2)CC3)cc1C. The number of quaternary nitrogens is 1. The van der Waals surface area contributed by atoms with Gasteiger partial charge in [0.1, 0.15) is 18.9 Å². The lowest BCUT2D eigenvalue weighted by molar-refractivity contribution is -0.929. The van der Waals surface area contributed by atoms with Crippen molar-refractivity contribution in [3.05, 3.63) is 86.6 Å². The smallest absolute Gasteiger partial charge is 0.260 e. The van der Waals surface area contributed by atoms with Gasteiger partial charge in [-0.25, -0.2) is 9.37 Å². The van der Waals surface area contributed by atoms with Gasteiger partial charge in [0.2, 0.25) is 5.91 Å². The molecule has 0 fully saturated rings. The van der Waals surface area contributed by atoms with E-state index in [9.17, 15) is 14.0 Å². The molecular weight excluding hydrogens is 427 g/mol. The highest BCUT2D eigenvalue weighted by Crippen LogP contribution is 2.17. The highest BCUT2D eigenvalue weighted by molar-refractivity contribution is 7.99. The van der Waals surface area contributed by atoms with Gasteiger partial charge in [-0.3, -0.25) is 9.59 Å². The number of hydrogen-bond donors (Lipinski definition) is 3. The summed E-state index contributed by atoms with van der Waals surface area (Å²) in [5.74, 6) is -0.231. The summed E-state index contributed by atoms with van der Waals surface area (Å²) in [6.07, 6.45) is 0.693. The first kappa shape index (κ1) is 22.2. The maximum Gasteiger partial charge on any atom is 0.260 e. The monoisotopic (exact) mass is 453 g/mol. The summed E-state index contributed by atoms with van der Waals surface area (Å²) in [7, 11) is 0. The summed E-state index contributed by atoms with van der Waals surface area (Å²) in [6.45, 7) is 6.18. The van der Waals surface area contributed by atoms with E-state index in [1.165, 1.54) is 34.4 Å². The molecule has 1 aromatic heterocycles. The Labute approximate surface area is 190 Å². The van der Waals surface area contributed by atoms with E-state index in [2.05, 4.69) is 15.3 Å². The number of hydrogen-bond acceptors (Lipinski definition) is 4. The van der Waals surface area contributed by atoms with E-state index in [0.29, 0.717) is 23.7 Å². The van der Waals surface area contributed by atoms with Crippen molar-refractivity contribution in [2.45, 2.75) is 38.5 Å². The molecule has 1 amide bonds. The Morgan fingerprint density at radius 3 is 2.72 bits per heavy atom. The van der Waals surface area contributed by atoms with Crippen LogP contribution in [0.15, 0.2) is 52.4 Å². The predicted molar refractivity (Wildman–Crippen MR) is 123 cm³/mol. The molecule has 3 N–H and O–H groups in total. The lowest BCUT2D eigenvalue weighted by Gasteiger charge is -2.25. The summed E-state index contributed by atoms with van der Waals surface area (Å²) < 4.78 is 13.1. The van der Waals surface area contributed by atoms with Crippen LogP contribution in [-0.2, 0) is 24.3 Å². The van der Waals surface area contributed by atoms with Crippen molar-refractivity contribution in [1.29, 1.82) is 0 Å². The van der Waals surface area contributed by atoms with Crippen molar-refractivity contribution in [3.63, 3.8) is 0 Å². The minimum atomic E-state index is -0.249. The summed E-state index contributed by atoms with van der Waals surface area (Å²) in [5, 5.41) is 3.35. The van der Waals surface area contributed by atoms with Crippen LogP contribution in [0, 0.1) is 19.7 Å². The van der Waals surface area contributed by atoms with Crippen LogP contribution in [0.2, 0.25) is 0 Å². The van der Waals surface area contributed by atoms with Gasteiger partial charge in [0, 0.05) is 17.7 Å². The number of nitrogens with one attached hydrogen (secondary N) is 3. The number of aryl methyl sites for hydroxylation is 2. The van der Waals surface area contributed by atoms with E-state index in [-0.39, 0.29) is 23.0 Å². The third-order valence-corrected chi connectivity index (χ3v) is 6.59. The molecule has 6 nitrogen and oxygen atoms in total. The van der Waals surface area contributed by atoms with Crippen LogP contribution in [0.4, 0.5) is 10.1 Å². The van der Waals surface area contributed by atoms with E-state index >= 15 is 0 Å². The van der Waals surface area contributed by atoms with Crippen LogP contribution in [0.3, 0.4) is 0 Å². The number of nitrogens with zero attached hydrogens (tertiary/aromatic N) is 1. The summed E-state index contributed by atoms with van der Waals surface area (Å²) in [4.78, 5) is 33.6. The highest BCUT2D eigenvalue weighted by atomic mass is 32.2. The molecule has 2 heterocycles. The number of rotatable bonds is 6. The normalized spacial score (nSPS) is 15.3. The molecule has 0 aliphatic carbocycles. The first-order chi connectivity index (χ1) is 15.4. The van der Waals surface area contributed by atoms with E-state index < -0.39 is 0 Å². The van der Waals surface area contributed by atoms with Crippen LogP contribution < -0.4 is 15.8 Å². The molecule has 1 aliphatic rings. The number of halogens is 1. The molecule has 1 aliphatic heterocycles. The van der Waals surface area contributed by atoms with Crippen LogP contribution in [0.5, 0.6) is 0 Å². The number of aromatic nitrogens is 2. The molecule has 4 rings (SSSR count). The Kier molecular flexibility index (Phi) is 6.72. The molecule has 0 saturated carbocycles. The quantitative estimate of drug-likeness (QED) is 0.396. The third kappa shape index (κ3) is 5.44. The minimum Gasteiger partial charge on any atom is -0.327 e. The maximum atomic E-state index is 13.1. The Morgan fingerprint density at radius 1 is 1.19 bits per heavy atom. The fraction of sp³-hybridized carbons (Fsp3) is 0.292. The molecule has 8 heteroatoms. The molecule has 0 spiro atoms. The molecule has 3 aromatic rings. The van der Waals surface area contributed by atoms with Gasteiger partial charge in [-0.05, 0) is 49.2 Å². The van der Waals surface area contributed by atoms with Gasteiger partial charge in [0.15, 0.2) is 5.16 Å². The van der Waals surface area contributed by atoms with Crippen molar-refractivity contribution >= 4 is 23.4 Å². The van der Waals surface area contributed by atoms with E-state index in [0.717, 1.165) is 35.6 Å². The van der Waals surface area contributed by atoms with Gasteiger partial charge in [0.25, 0.3) is 5.56 Å². The van der Waals surface area contributed by atoms with Gasteiger partial charge in [-0.2, -0.15) is 0 Å². The van der Waals surface area contributed by atoms with Crippen LogP contribution >= 0.6 is 11.8 Å². The van der Waals surface area contributed by atoms with Crippen molar-refractivity contribution in [2.24, 2.45) is 0 Å². The number of anilines is 1. The molecule has 166 valence electrons. The number of carbonyl (C=O) groups is 1. The van der Waals surface area contributed by atoms with Crippen LogP contribution in [0.1, 0.15) is 27.9 Å². The largest absolute Gasteiger partial charge is 0.327 e. The van der Waals surface area contributed by atoms with Crippen LogP contribution in [0.25, 0.3) is 0 Å². The number of carbonyl (C=O) groups excluding carboxylic acids is 1. The van der Waals surface area contributed by atoms with Gasteiger partial charge in [0.05, 0.1) is 23.6 Å². The lowest BCUT2D eigenvalue weighted by atomic mass is 10.1. The number of H-pyrrole nitrogens is 1. The van der Waals surface area contributed by atoms with Crippen molar-refractivity contribution < 1.29 is 14.1 Å². The van der Waals surface area contributed by atoms with Gasteiger partial charge in [-0.15, -0.1) is 0 Å². The molecular formula is C24H26FN4O2S+. The number of benzene rings is 2. The number of aromatic amines is 1. The van der Waals surface area contributed by atoms with Gasteiger partial charge < -0.3 is 15.2 Å². The van der Waals surface area contributed by atoms with Crippen LogP contribution in [-0.4, -0.2) is 28.2 Å². The Balaban J connectivity index is 1.36. The number of thioether (sulfide) groups is 1. The Bertz CT molecular complexity index is 1190. The summed E-state index contributed by atoms with van der Waals surface area (Å²) in [5.41, 5.74) is 5.43. The standard InChI is InChI=1S/C24H25FN4O2S/c1-15-3-8-19(11-16(15)2)26-22(30)14-32-24-27-21-9-10-29(13-20(21)23(31)28-24)12-17-4-6-18(25)7-5-17/h3-8,11H,9-10,12-14H2,1-2H3,(H,26,30)(H,27,28,31)/p+1. The van der Waals surface area contributed by atoms with Crippen molar-refractivity contribution in [2.75, 3.05) is 17.6 Å². The molecule has 2 aromatic carbocycles. The Hall–Kier alpha value is -2.97. The minimum absolute atomic E-state index is 0.145. The fourth-order valence-electron chi connectivity index (χ4n) is 3.80. The van der Waals surface area contributed by atoms with E-state index in [1.54, 1.807) is 12.1 Å². The lowest BCUT2D eigenvalue weighted by Crippen LogP contribution is -3.10. The second-order valence-corrected chi connectivity index (χ2v) is 9.13. The highest BCUT2D eigenvalue weighted by Gasteiger charge is 2.24. The van der Waals surface area contributed by atoms with Gasteiger partial charge >= 0.3 is 0 Å². The van der Waals surface area contributed by atoms with E-state index in [4.69, 9.17) is 0 Å². The first-order valence-corrected chi connectivity index (χ1v) is 11.6. The molecule has 0 radical (unpaired) electrons. The maximum absolute atomic E-state index is 13.1. The predicted octanol–water partition coefficient (Wildman–Crippen LogP) is 2.40. The van der Waals surface area contributed by atoms with Gasteiger partial charge in [-0.1, -0.05) is 30.0 Å². The average Bonchev–Trinajstić information content (AvgIpc) is 2.77. The first-order valence-electron chi connectivity index (χ1n) is 10.6. The number of fused-ring (bicyclic) bond motifs is 1. The average molecular weight is 454 g/mol. The van der Waals surface area contributed by atoms with Crippen molar-refractivity contribution in [1.82, 2.24) is 9.97 Å². The zero-order valence-corrected chi connectivity index (χ0v) is 18.9. The van der Waals surface area contributed by atoms with E-state index in [1.807, 2.05) is 32.0 Å². The molecule has 0 saturated heterocycles. The molecule has 0 bridgehead atoms. The summed E-state index contributed by atoms with van der Waals surface area (Å²) >= 11 is 1.23. The zero-order valence-electron chi connectivity index (χ0n) is 18.1. The molecule has 1 atom stereocenters. The third-order valence-electron chi connectivity index (χ3n) is 5.72. The Morgan fingerprint density at radius 2 is 1.97 bits per heavy atom. The zero-order chi connectivity index (χ0) is 22.7.